The third-order valence-corrected chi connectivity index (χ3v) is 3.95. The summed E-state index contributed by atoms with van der Waals surface area (Å²) in [7, 11) is 0.657. The third kappa shape index (κ3) is 1.64. The van der Waals surface area contributed by atoms with E-state index in [1.54, 1.807) is 6.07 Å². The van der Waals surface area contributed by atoms with Gasteiger partial charge in [0.15, 0.2) is 0 Å². The summed E-state index contributed by atoms with van der Waals surface area (Å²) in [5, 5.41) is 18.1. The second-order valence-electron chi connectivity index (χ2n) is 5.40. The van der Waals surface area contributed by atoms with Crippen molar-refractivity contribution in [2.24, 2.45) is 0 Å². The van der Waals surface area contributed by atoms with Gasteiger partial charge in [-0.05, 0) is 28.8 Å². The van der Waals surface area contributed by atoms with Gasteiger partial charge in [0, 0.05) is 11.0 Å². The first-order valence-electron chi connectivity index (χ1n) is 6.40. The second kappa shape index (κ2) is 4.40. The molecule has 0 spiro atoms. The first-order chi connectivity index (χ1) is 9.59. The molecule has 1 aliphatic rings. The predicted molar refractivity (Wildman–Crippen MR) is 77.3 cm³/mol. The fourth-order valence-corrected chi connectivity index (χ4v) is 2.99. The molecule has 0 aromatic heterocycles. The molecule has 2 aromatic rings. The number of fused-ring (bicyclic) bond motifs is 3. The zero-order valence-electron chi connectivity index (χ0n) is 11.3. The molecule has 4 heteroatoms. The summed E-state index contributed by atoms with van der Waals surface area (Å²) in [6.07, 6.45) is 0. The number of rotatable bonds is 2. The molecule has 1 aliphatic carbocycles. The van der Waals surface area contributed by atoms with Crippen molar-refractivity contribution in [2.75, 3.05) is 0 Å². The highest BCUT2D eigenvalue weighted by atomic mass is 16.5. The molecule has 20 heavy (non-hydrogen) atoms. The minimum Gasteiger partial charge on any atom is -0.537 e. The van der Waals surface area contributed by atoms with Gasteiger partial charge < -0.3 is 9.68 Å². The Hall–Kier alpha value is -2.25. The summed E-state index contributed by atoms with van der Waals surface area (Å²) in [5.41, 5.74) is 4.64. The van der Waals surface area contributed by atoms with E-state index in [1.807, 2.05) is 24.3 Å². The molecule has 0 aliphatic heterocycles. The Morgan fingerprint density at radius 3 is 2.65 bits per heavy atom. The van der Waals surface area contributed by atoms with E-state index in [4.69, 9.17) is 9.68 Å². The number of hydrogen-bond donors (Lipinski definition) is 1. The van der Waals surface area contributed by atoms with Crippen LogP contribution in [0.5, 0.6) is 5.75 Å². The van der Waals surface area contributed by atoms with E-state index < -0.39 is 0 Å². The van der Waals surface area contributed by atoms with E-state index in [9.17, 15) is 5.26 Å². The van der Waals surface area contributed by atoms with Gasteiger partial charge in [-0.1, -0.05) is 38.1 Å². The molecule has 0 atom stereocenters. The lowest BCUT2D eigenvalue weighted by Gasteiger charge is -2.21. The van der Waals surface area contributed by atoms with E-state index in [2.05, 4.69) is 26.0 Å². The molecule has 0 amide bonds. The van der Waals surface area contributed by atoms with Crippen LogP contribution < -0.4 is 4.65 Å². The van der Waals surface area contributed by atoms with Crippen molar-refractivity contribution < 1.29 is 9.68 Å². The highest BCUT2D eigenvalue weighted by Crippen LogP contribution is 2.52. The van der Waals surface area contributed by atoms with Gasteiger partial charge in [-0.2, -0.15) is 5.26 Å². The zero-order valence-corrected chi connectivity index (χ0v) is 11.3. The summed E-state index contributed by atoms with van der Waals surface area (Å²) in [5.74, 6) is 0.513. The minimum absolute atomic E-state index is 0.188. The first kappa shape index (κ1) is 12.8. The third-order valence-electron chi connectivity index (χ3n) is 3.95. The van der Waals surface area contributed by atoms with Gasteiger partial charge in [-0.15, -0.1) is 0 Å². The Morgan fingerprint density at radius 1 is 1.20 bits per heavy atom. The smallest absolute Gasteiger partial charge is 0.537 e. The fraction of sp³-hybridized carbons (Fsp3) is 0.188. The lowest BCUT2D eigenvalue weighted by molar-refractivity contribution is 0.454. The van der Waals surface area contributed by atoms with Crippen LogP contribution in [0.4, 0.5) is 0 Å². The molecule has 1 N–H and O–H groups in total. The van der Waals surface area contributed by atoms with Crippen molar-refractivity contribution in [1.82, 2.24) is 0 Å². The molecule has 1 radical (unpaired) electrons. The van der Waals surface area contributed by atoms with E-state index in [0.29, 0.717) is 19.0 Å². The van der Waals surface area contributed by atoms with Crippen LogP contribution in [0.15, 0.2) is 36.4 Å². The Balaban J connectivity index is 2.37. The van der Waals surface area contributed by atoms with Crippen LogP contribution >= 0.6 is 0 Å². The summed E-state index contributed by atoms with van der Waals surface area (Å²) >= 11 is 0. The SMILES string of the molecule is CC1(C)c2ccccc2-c2c(O[B]O)cc(C#N)cc21. The quantitative estimate of drug-likeness (QED) is 0.846. The molecule has 3 rings (SSSR count). The maximum absolute atomic E-state index is 9.17. The standard InChI is InChI=1S/C16H13BNO2/c1-16(2)12-6-4-3-5-11(12)15-13(16)7-10(9-18)8-14(15)20-17-19/h3-8,19H,1-2H3. The first-order valence-corrected chi connectivity index (χ1v) is 6.40. The molecule has 2 aromatic carbocycles. The Morgan fingerprint density at radius 2 is 1.95 bits per heavy atom. The maximum atomic E-state index is 9.17. The van der Waals surface area contributed by atoms with Crippen molar-refractivity contribution in [3.8, 4) is 22.9 Å². The minimum atomic E-state index is -0.188. The molecular formula is C16H13BNO2. The van der Waals surface area contributed by atoms with Crippen LogP contribution in [-0.2, 0) is 5.41 Å². The average molecular weight is 262 g/mol. The van der Waals surface area contributed by atoms with Gasteiger partial charge in [-0.3, -0.25) is 0 Å². The predicted octanol–water partition coefficient (Wildman–Crippen LogP) is 2.77. The largest absolute Gasteiger partial charge is 0.569 e. The van der Waals surface area contributed by atoms with Gasteiger partial charge in [0.05, 0.1) is 11.6 Å². The molecule has 0 fully saturated rings. The van der Waals surface area contributed by atoms with Gasteiger partial charge >= 0.3 is 7.69 Å². The normalized spacial score (nSPS) is 14.1. The van der Waals surface area contributed by atoms with E-state index in [-0.39, 0.29) is 5.41 Å². The van der Waals surface area contributed by atoms with Gasteiger partial charge in [0.1, 0.15) is 5.75 Å². The summed E-state index contributed by atoms with van der Waals surface area (Å²) in [6.45, 7) is 4.26. The monoisotopic (exact) mass is 262 g/mol. The second-order valence-corrected chi connectivity index (χ2v) is 5.40. The Bertz CT molecular complexity index is 732. The lowest BCUT2D eigenvalue weighted by Crippen LogP contribution is -2.15. The fourth-order valence-electron chi connectivity index (χ4n) is 2.99. The summed E-state index contributed by atoms with van der Waals surface area (Å²) in [6, 6.07) is 13.8. The van der Waals surface area contributed by atoms with Crippen molar-refractivity contribution in [3.05, 3.63) is 53.1 Å². The summed E-state index contributed by atoms with van der Waals surface area (Å²) < 4.78 is 5.22. The van der Waals surface area contributed by atoms with Crippen LogP contribution in [0.3, 0.4) is 0 Å². The van der Waals surface area contributed by atoms with Crippen molar-refractivity contribution in [2.45, 2.75) is 19.3 Å². The molecule has 3 nitrogen and oxygen atoms in total. The number of nitrogens with zero attached hydrogens (tertiary/aromatic N) is 1. The van der Waals surface area contributed by atoms with Crippen LogP contribution in [0, 0.1) is 11.3 Å². The van der Waals surface area contributed by atoms with Gasteiger partial charge in [-0.25, -0.2) is 0 Å². The number of benzene rings is 2. The molecule has 0 unspecified atom stereocenters. The molecule has 0 bridgehead atoms. The maximum Gasteiger partial charge on any atom is 0.569 e. The molecule has 0 heterocycles. The molecule has 0 saturated heterocycles. The van der Waals surface area contributed by atoms with Crippen molar-refractivity contribution in [1.29, 1.82) is 5.26 Å². The lowest BCUT2D eigenvalue weighted by atomic mass is 9.82. The highest BCUT2D eigenvalue weighted by Gasteiger charge is 2.37. The Labute approximate surface area is 118 Å². The van der Waals surface area contributed by atoms with E-state index in [1.165, 1.54) is 5.56 Å². The zero-order chi connectivity index (χ0) is 14.3. The van der Waals surface area contributed by atoms with E-state index in [0.717, 1.165) is 16.7 Å². The van der Waals surface area contributed by atoms with Gasteiger partial charge in [0.2, 0.25) is 0 Å². The topological polar surface area (TPSA) is 53.2 Å². The highest BCUT2D eigenvalue weighted by molar-refractivity contribution is 6.17. The van der Waals surface area contributed by atoms with Crippen LogP contribution in [0.2, 0.25) is 0 Å². The van der Waals surface area contributed by atoms with Crippen molar-refractivity contribution >= 4 is 7.69 Å². The van der Waals surface area contributed by atoms with Crippen LogP contribution in [0.1, 0.15) is 30.5 Å². The molecule has 0 saturated carbocycles. The summed E-state index contributed by atoms with van der Waals surface area (Å²) in [4.78, 5) is 0. The number of nitriles is 1. The molecular weight excluding hydrogens is 249 g/mol. The molecule has 97 valence electrons. The van der Waals surface area contributed by atoms with Crippen LogP contribution in [0.25, 0.3) is 11.1 Å². The van der Waals surface area contributed by atoms with E-state index >= 15 is 0 Å². The average Bonchev–Trinajstić information content (AvgIpc) is 2.69. The van der Waals surface area contributed by atoms with Crippen molar-refractivity contribution in [3.63, 3.8) is 0 Å². The van der Waals surface area contributed by atoms with Crippen LogP contribution in [-0.4, -0.2) is 12.7 Å². The number of hydrogen-bond acceptors (Lipinski definition) is 3. The van der Waals surface area contributed by atoms with Gasteiger partial charge in [0.25, 0.3) is 0 Å². The Kier molecular flexibility index (Phi) is 2.81.